The fraction of sp³-hybridized carbons (Fsp3) is 0.319. The number of unbranched alkanes of at least 4 members (excludes halogenated alkanes) is 1. The Bertz CT molecular complexity index is 2360. The zero-order valence-electron chi connectivity index (χ0n) is 32.3. The predicted molar refractivity (Wildman–Crippen MR) is 215 cm³/mol. The molecule has 0 bridgehead atoms. The molecule has 0 amide bonds. The molecule has 0 aliphatic rings. The van der Waals surface area contributed by atoms with Gasteiger partial charge >= 0.3 is 21.1 Å². The maximum atomic E-state index is 6.67. The van der Waals surface area contributed by atoms with Crippen LogP contribution in [0.1, 0.15) is 82.0 Å². The van der Waals surface area contributed by atoms with Gasteiger partial charge in [0.05, 0.1) is 5.69 Å². The fourth-order valence-electron chi connectivity index (χ4n) is 7.41. The predicted octanol–water partition coefficient (Wildman–Crippen LogP) is 12.3. The van der Waals surface area contributed by atoms with Crippen molar-refractivity contribution < 1.29 is 25.8 Å². The van der Waals surface area contributed by atoms with Crippen molar-refractivity contribution in [3.8, 4) is 34.1 Å². The molecule has 7 aromatic rings. The number of fused-ring (bicyclic) bond motifs is 3. The van der Waals surface area contributed by atoms with Gasteiger partial charge in [0.15, 0.2) is 0 Å². The van der Waals surface area contributed by atoms with Crippen LogP contribution < -0.4 is 4.74 Å². The molecular weight excluding hydrogens is 832 g/mol. The average Bonchev–Trinajstić information content (AvgIpc) is 3.58. The summed E-state index contributed by atoms with van der Waals surface area (Å²) in [5.41, 5.74) is 11.4. The van der Waals surface area contributed by atoms with E-state index in [9.17, 15) is 0 Å². The molecule has 53 heavy (non-hydrogen) atoms. The number of hydrogen-bond acceptors (Lipinski definition) is 3. The third kappa shape index (κ3) is 8.52. The first kappa shape index (κ1) is 38.3. The Balaban J connectivity index is 0.00000481. The maximum Gasteiger partial charge on any atom is 2.00 e. The number of aryl methyl sites for hydroxylation is 3. The molecule has 4 aromatic carbocycles. The third-order valence-electron chi connectivity index (χ3n) is 9.82. The molecule has 0 radical (unpaired) electrons. The van der Waals surface area contributed by atoms with Gasteiger partial charge in [-0.15, -0.1) is 35.7 Å². The molecule has 6 heteroatoms. The Morgan fingerprint density at radius 1 is 0.792 bits per heavy atom. The van der Waals surface area contributed by atoms with Gasteiger partial charge in [-0.1, -0.05) is 89.0 Å². The first-order valence-corrected chi connectivity index (χ1v) is 18.7. The van der Waals surface area contributed by atoms with Crippen LogP contribution in [-0.4, -0.2) is 19.3 Å². The van der Waals surface area contributed by atoms with E-state index < -0.39 is 0 Å². The first-order chi connectivity index (χ1) is 24.9. The van der Waals surface area contributed by atoms with Gasteiger partial charge in [-0.2, -0.15) is 16.7 Å². The monoisotopic (exact) mass is 881 g/mol. The van der Waals surface area contributed by atoms with E-state index >= 15 is 0 Å². The van der Waals surface area contributed by atoms with Crippen molar-refractivity contribution in [3.05, 3.63) is 131 Å². The van der Waals surface area contributed by atoms with Crippen LogP contribution >= 0.6 is 0 Å². The SMILES string of the molecule is Cc1ccnc(-n2c3[c-]c(Oc4[c-]c(-n5nc(C)c(-c6ccccc6)c5C)cc(CC(C)C)c4)ccc3c3cc(CCCCC(C)(C)C)ccc32)c1.[Pt+2]. The molecular formula is C47H50N4OPt. The van der Waals surface area contributed by atoms with Gasteiger partial charge in [0.2, 0.25) is 0 Å². The Morgan fingerprint density at radius 3 is 2.32 bits per heavy atom. The van der Waals surface area contributed by atoms with Crippen molar-refractivity contribution in [3.63, 3.8) is 0 Å². The van der Waals surface area contributed by atoms with Crippen LogP contribution in [0.2, 0.25) is 0 Å². The van der Waals surface area contributed by atoms with E-state index in [0.717, 1.165) is 68.8 Å². The number of pyridine rings is 1. The summed E-state index contributed by atoms with van der Waals surface area (Å²) in [5, 5.41) is 7.34. The van der Waals surface area contributed by atoms with Crippen molar-refractivity contribution in [2.24, 2.45) is 11.3 Å². The van der Waals surface area contributed by atoms with Crippen molar-refractivity contribution in [2.75, 3.05) is 0 Å². The molecule has 0 atom stereocenters. The minimum Gasteiger partial charge on any atom is -0.509 e. The van der Waals surface area contributed by atoms with Crippen molar-refractivity contribution in [2.45, 2.75) is 87.5 Å². The van der Waals surface area contributed by atoms with Crippen LogP contribution in [0.4, 0.5) is 0 Å². The van der Waals surface area contributed by atoms with Crippen LogP contribution in [0.15, 0.2) is 91.1 Å². The molecule has 5 nitrogen and oxygen atoms in total. The molecule has 0 unspecified atom stereocenters. The number of hydrogen-bond donors (Lipinski definition) is 0. The van der Waals surface area contributed by atoms with Gasteiger partial charge < -0.3 is 9.30 Å². The van der Waals surface area contributed by atoms with E-state index in [1.165, 1.54) is 35.8 Å². The summed E-state index contributed by atoms with van der Waals surface area (Å²) in [6.07, 6.45) is 7.52. The summed E-state index contributed by atoms with van der Waals surface area (Å²) in [4.78, 5) is 4.81. The van der Waals surface area contributed by atoms with Crippen LogP contribution in [0.25, 0.3) is 44.4 Å². The van der Waals surface area contributed by atoms with Crippen LogP contribution in [0.5, 0.6) is 11.5 Å². The maximum absolute atomic E-state index is 6.67. The molecule has 3 aromatic heterocycles. The Kier molecular flexibility index (Phi) is 11.5. The number of benzene rings is 4. The summed E-state index contributed by atoms with van der Waals surface area (Å²) in [6.45, 7) is 17.8. The molecule has 274 valence electrons. The Morgan fingerprint density at radius 2 is 1.58 bits per heavy atom. The third-order valence-corrected chi connectivity index (χ3v) is 9.82. The summed E-state index contributed by atoms with van der Waals surface area (Å²) in [5.74, 6) is 2.63. The quantitative estimate of drug-likeness (QED) is 0.0960. The second-order valence-corrected chi connectivity index (χ2v) is 16.0. The normalized spacial score (nSPS) is 11.8. The molecule has 0 aliphatic heterocycles. The zero-order chi connectivity index (χ0) is 36.6. The number of rotatable bonds is 11. The topological polar surface area (TPSA) is 44.9 Å². The molecule has 0 spiro atoms. The minimum absolute atomic E-state index is 0. The largest absolute Gasteiger partial charge is 2.00 e. The van der Waals surface area contributed by atoms with Gasteiger partial charge in [0.1, 0.15) is 5.82 Å². The number of aromatic nitrogens is 4. The van der Waals surface area contributed by atoms with Gasteiger partial charge in [0, 0.05) is 34.5 Å². The van der Waals surface area contributed by atoms with Crippen molar-refractivity contribution >= 4 is 21.8 Å². The van der Waals surface area contributed by atoms with E-state index in [4.69, 9.17) is 14.8 Å². The zero-order valence-corrected chi connectivity index (χ0v) is 34.6. The second-order valence-electron chi connectivity index (χ2n) is 16.0. The van der Waals surface area contributed by atoms with Gasteiger partial charge in [0.25, 0.3) is 0 Å². The van der Waals surface area contributed by atoms with E-state index in [0.29, 0.717) is 22.8 Å². The second kappa shape index (κ2) is 15.9. The van der Waals surface area contributed by atoms with Crippen molar-refractivity contribution in [1.29, 1.82) is 0 Å². The summed E-state index contributed by atoms with van der Waals surface area (Å²) in [7, 11) is 0. The van der Waals surface area contributed by atoms with Crippen molar-refractivity contribution in [1.82, 2.24) is 19.3 Å². The number of nitrogens with zero attached hydrogens (tertiary/aromatic N) is 4. The minimum atomic E-state index is 0. The molecule has 0 saturated heterocycles. The molecule has 0 N–H and O–H groups in total. The summed E-state index contributed by atoms with van der Waals surface area (Å²) < 4.78 is 10.9. The van der Waals surface area contributed by atoms with Gasteiger partial charge in [-0.3, -0.25) is 4.68 Å². The molecule has 0 fully saturated rings. The summed E-state index contributed by atoms with van der Waals surface area (Å²) >= 11 is 0. The van der Waals surface area contributed by atoms with Gasteiger partial charge in [-0.25, -0.2) is 4.98 Å². The standard InChI is InChI=1S/C47H50N4O.Pt/c1-31(2)24-36-26-38(51-34(5)46(33(4)49-51)37-15-10-9-11-16-37)29-40(27-36)52-39-18-19-41-42-28-35(14-12-13-22-47(6,7)8)17-20-43(42)50(44(41)30-39)45-25-32(3)21-23-48-45;/h9-11,15-21,23,25-28,31H,12-14,22,24H2,1-8H3;/q-2;+2. The first-order valence-electron chi connectivity index (χ1n) is 18.7. The molecule has 7 rings (SSSR count). The number of ether oxygens (including phenoxy) is 1. The smallest absolute Gasteiger partial charge is 0.509 e. The molecule has 0 aliphatic carbocycles. The Labute approximate surface area is 329 Å². The molecule has 3 heterocycles. The van der Waals surface area contributed by atoms with E-state index in [1.807, 2.05) is 29.1 Å². The van der Waals surface area contributed by atoms with E-state index in [2.05, 4.69) is 139 Å². The fourth-order valence-corrected chi connectivity index (χ4v) is 7.41. The Hall–Kier alpha value is -4.47. The van der Waals surface area contributed by atoms with Crippen LogP contribution in [0.3, 0.4) is 0 Å². The van der Waals surface area contributed by atoms with E-state index in [-0.39, 0.29) is 21.1 Å². The van der Waals surface area contributed by atoms with E-state index in [1.54, 1.807) is 0 Å². The average molecular weight is 882 g/mol. The van der Waals surface area contributed by atoms with Gasteiger partial charge in [-0.05, 0) is 104 Å². The van der Waals surface area contributed by atoms with Crippen LogP contribution in [-0.2, 0) is 33.9 Å². The summed E-state index contributed by atoms with van der Waals surface area (Å²) in [6, 6.07) is 37.3. The van der Waals surface area contributed by atoms with Crippen LogP contribution in [0, 0.1) is 44.2 Å². The molecule has 0 saturated carbocycles.